The molecule has 0 bridgehead atoms. The van der Waals surface area contributed by atoms with Crippen molar-refractivity contribution in [3.63, 3.8) is 0 Å². The van der Waals surface area contributed by atoms with Crippen LogP contribution in [0.15, 0.2) is 0 Å². The molecule has 0 aromatic heterocycles. The van der Waals surface area contributed by atoms with Gasteiger partial charge in [0.2, 0.25) is 0 Å². The van der Waals surface area contributed by atoms with Crippen LogP contribution in [0.4, 0.5) is 0 Å². The van der Waals surface area contributed by atoms with Gasteiger partial charge in [0.05, 0.1) is 63.7 Å². The average molecular weight is 815 g/mol. The third-order valence-electron chi connectivity index (χ3n) is 12.3. The van der Waals surface area contributed by atoms with Gasteiger partial charge in [-0.15, -0.1) is 0 Å². The van der Waals surface area contributed by atoms with Crippen molar-refractivity contribution in [2.45, 2.75) is 245 Å². The Morgan fingerprint density at radius 1 is 0.246 bits per heavy atom. The highest BCUT2D eigenvalue weighted by Crippen LogP contribution is 2.23. The molecule has 0 amide bonds. The minimum atomic E-state index is -0.918. The summed E-state index contributed by atoms with van der Waals surface area (Å²) < 4.78 is 17.7. The lowest BCUT2D eigenvalue weighted by molar-refractivity contribution is -0.118. The van der Waals surface area contributed by atoms with Crippen LogP contribution < -0.4 is 0 Å². The van der Waals surface area contributed by atoms with E-state index in [4.69, 9.17) is 14.2 Å². The second-order valence-corrected chi connectivity index (χ2v) is 18.3. The molecule has 0 saturated heterocycles. The van der Waals surface area contributed by atoms with Crippen molar-refractivity contribution in [1.29, 1.82) is 0 Å². The van der Waals surface area contributed by atoms with E-state index in [1.807, 2.05) is 0 Å². The standard InChI is InChI=1S/C50H102O7/c1-3-5-7-9-11-13-15-17-19-21-23-25-27-29-31-33-35-37-39-55-45-49(41-51,42-52)47-57-48-50(43-53,44-54)46-56-40-38-36-34-32-30-28-26-24-22-20-18-16-14-12-10-8-6-4-2/h51-54H,3-48H2,1-2H3. The smallest absolute Gasteiger partial charge is 0.0632 e. The van der Waals surface area contributed by atoms with Gasteiger partial charge in [-0.3, -0.25) is 0 Å². The lowest BCUT2D eigenvalue weighted by Gasteiger charge is -2.33. The highest BCUT2D eigenvalue weighted by atomic mass is 16.5. The molecule has 0 aromatic carbocycles. The first-order valence-corrected chi connectivity index (χ1v) is 25.2. The van der Waals surface area contributed by atoms with E-state index in [0.717, 1.165) is 25.7 Å². The van der Waals surface area contributed by atoms with Gasteiger partial charge in [-0.05, 0) is 12.8 Å². The van der Waals surface area contributed by atoms with Crippen LogP contribution in [-0.4, -0.2) is 86.5 Å². The van der Waals surface area contributed by atoms with Gasteiger partial charge in [-0.1, -0.05) is 232 Å². The largest absolute Gasteiger partial charge is 0.396 e. The lowest BCUT2D eigenvalue weighted by atomic mass is 9.90. The molecule has 0 rings (SSSR count). The van der Waals surface area contributed by atoms with E-state index in [1.54, 1.807) is 0 Å². The Balaban J connectivity index is 3.82. The van der Waals surface area contributed by atoms with Crippen LogP contribution in [0.3, 0.4) is 0 Å². The fourth-order valence-electron chi connectivity index (χ4n) is 7.82. The topological polar surface area (TPSA) is 109 Å². The van der Waals surface area contributed by atoms with Crippen molar-refractivity contribution < 1.29 is 34.6 Å². The molecule has 0 spiro atoms. The van der Waals surface area contributed by atoms with Crippen LogP contribution in [0.5, 0.6) is 0 Å². The van der Waals surface area contributed by atoms with Crippen LogP contribution in [0.2, 0.25) is 0 Å². The number of hydrogen-bond donors (Lipinski definition) is 4. The van der Waals surface area contributed by atoms with Crippen LogP contribution in [0.1, 0.15) is 245 Å². The summed E-state index contributed by atoms with van der Waals surface area (Å²) in [4.78, 5) is 0. The normalized spacial score (nSPS) is 12.3. The maximum atomic E-state index is 10.1. The minimum absolute atomic E-state index is 0.0835. The summed E-state index contributed by atoms with van der Waals surface area (Å²) in [6.45, 7) is 5.31. The number of ether oxygens (including phenoxy) is 3. The Hall–Kier alpha value is -0.280. The highest BCUT2D eigenvalue weighted by Gasteiger charge is 2.34. The van der Waals surface area contributed by atoms with Gasteiger partial charge in [0, 0.05) is 13.2 Å². The van der Waals surface area contributed by atoms with E-state index in [0.29, 0.717) is 13.2 Å². The first-order valence-electron chi connectivity index (χ1n) is 25.2. The first kappa shape index (κ1) is 56.7. The van der Waals surface area contributed by atoms with Crippen LogP contribution in [0.25, 0.3) is 0 Å². The molecule has 7 nitrogen and oxygen atoms in total. The van der Waals surface area contributed by atoms with Gasteiger partial charge in [0.15, 0.2) is 0 Å². The molecule has 0 aliphatic carbocycles. The van der Waals surface area contributed by atoms with Gasteiger partial charge in [0.25, 0.3) is 0 Å². The second kappa shape index (κ2) is 45.3. The second-order valence-electron chi connectivity index (χ2n) is 18.3. The van der Waals surface area contributed by atoms with E-state index < -0.39 is 10.8 Å². The molecule has 0 aliphatic heterocycles. The zero-order valence-electron chi connectivity index (χ0n) is 38.5. The van der Waals surface area contributed by atoms with Gasteiger partial charge >= 0.3 is 0 Å². The molecule has 0 saturated carbocycles. The van der Waals surface area contributed by atoms with Crippen LogP contribution in [0, 0.1) is 10.8 Å². The number of aliphatic hydroxyl groups excluding tert-OH is 4. The number of rotatable bonds is 50. The first-order chi connectivity index (χ1) is 28.1. The van der Waals surface area contributed by atoms with Crippen molar-refractivity contribution in [2.75, 3.05) is 66.1 Å². The van der Waals surface area contributed by atoms with Crippen molar-refractivity contribution in [2.24, 2.45) is 10.8 Å². The number of unbranched alkanes of at least 4 members (excludes halogenated alkanes) is 34. The Bertz CT molecular complexity index is 682. The minimum Gasteiger partial charge on any atom is -0.396 e. The Morgan fingerprint density at radius 2 is 0.421 bits per heavy atom. The monoisotopic (exact) mass is 815 g/mol. The maximum absolute atomic E-state index is 10.1. The van der Waals surface area contributed by atoms with Gasteiger partial charge in [-0.25, -0.2) is 0 Å². The van der Waals surface area contributed by atoms with Crippen LogP contribution in [-0.2, 0) is 14.2 Å². The van der Waals surface area contributed by atoms with E-state index >= 15 is 0 Å². The summed E-state index contributed by atoms with van der Waals surface area (Å²) in [7, 11) is 0. The molecule has 0 aliphatic rings. The predicted octanol–water partition coefficient (Wildman–Crippen LogP) is 13.1. The molecule has 344 valence electrons. The Kier molecular flexibility index (Phi) is 45.0. The van der Waals surface area contributed by atoms with Crippen LogP contribution >= 0.6 is 0 Å². The molecule has 0 radical (unpaired) electrons. The summed E-state index contributed by atoms with van der Waals surface area (Å²) in [5, 5.41) is 40.5. The molecule has 0 heterocycles. The summed E-state index contributed by atoms with van der Waals surface area (Å²) in [6.07, 6.45) is 48.3. The predicted molar refractivity (Wildman–Crippen MR) is 243 cm³/mol. The van der Waals surface area contributed by atoms with E-state index in [2.05, 4.69) is 13.8 Å². The van der Waals surface area contributed by atoms with E-state index in [1.165, 1.54) is 205 Å². The highest BCUT2D eigenvalue weighted by molar-refractivity contribution is 4.81. The molecule has 4 N–H and O–H groups in total. The maximum Gasteiger partial charge on any atom is 0.0632 e. The van der Waals surface area contributed by atoms with Crippen molar-refractivity contribution >= 4 is 0 Å². The molecule has 0 atom stereocenters. The molecule has 0 fully saturated rings. The van der Waals surface area contributed by atoms with Gasteiger partial charge in [0.1, 0.15) is 0 Å². The van der Waals surface area contributed by atoms with Gasteiger partial charge in [-0.2, -0.15) is 0 Å². The Labute approximate surface area is 355 Å². The zero-order valence-corrected chi connectivity index (χ0v) is 38.5. The number of aliphatic hydroxyl groups is 4. The number of hydrogen-bond acceptors (Lipinski definition) is 7. The van der Waals surface area contributed by atoms with E-state index in [-0.39, 0.29) is 52.9 Å². The lowest BCUT2D eigenvalue weighted by Crippen LogP contribution is -2.44. The zero-order chi connectivity index (χ0) is 41.6. The fraction of sp³-hybridized carbons (Fsp3) is 1.00. The molecule has 57 heavy (non-hydrogen) atoms. The molecule has 0 aromatic rings. The molecule has 7 heteroatoms. The Morgan fingerprint density at radius 3 is 0.614 bits per heavy atom. The quantitative estimate of drug-likeness (QED) is 0.0453. The fourth-order valence-corrected chi connectivity index (χ4v) is 7.82. The SMILES string of the molecule is CCCCCCCCCCCCCCCCCCCCOCC(CO)(CO)COCC(CO)(CO)COCCCCCCCCCCCCCCCCCCCC. The van der Waals surface area contributed by atoms with E-state index in [9.17, 15) is 20.4 Å². The van der Waals surface area contributed by atoms with Crippen molar-refractivity contribution in [3.05, 3.63) is 0 Å². The molecular weight excluding hydrogens is 713 g/mol. The third kappa shape index (κ3) is 37.2. The van der Waals surface area contributed by atoms with Crippen molar-refractivity contribution in [1.82, 2.24) is 0 Å². The summed E-state index contributed by atoms with van der Waals surface area (Å²) in [6, 6.07) is 0. The molecule has 0 unspecified atom stereocenters. The van der Waals surface area contributed by atoms with Gasteiger partial charge < -0.3 is 34.6 Å². The summed E-state index contributed by atoms with van der Waals surface area (Å²) in [5.74, 6) is 0. The third-order valence-corrected chi connectivity index (χ3v) is 12.3. The summed E-state index contributed by atoms with van der Waals surface area (Å²) in [5.41, 5.74) is -1.84. The summed E-state index contributed by atoms with van der Waals surface area (Å²) >= 11 is 0. The average Bonchev–Trinajstić information content (AvgIpc) is 3.23. The molecular formula is C50H102O7. The van der Waals surface area contributed by atoms with Crippen molar-refractivity contribution in [3.8, 4) is 0 Å².